The summed E-state index contributed by atoms with van der Waals surface area (Å²) in [6.45, 7) is 3.24. The van der Waals surface area contributed by atoms with Gasteiger partial charge in [-0.05, 0) is 49.7 Å². The third kappa shape index (κ3) is 5.46. The summed E-state index contributed by atoms with van der Waals surface area (Å²) in [5.41, 5.74) is 1.96. The average Bonchev–Trinajstić information content (AvgIpc) is 3.21. The molecule has 4 rings (SSSR count). The SMILES string of the molecule is CC(NC(=O)COc1ccccc1)c1nc2ccccc2n1CCCOc1ccccc1. The van der Waals surface area contributed by atoms with E-state index in [0.29, 0.717) is 12.4 Å². The van der Waals surface area contributed by atoms with Gasteiger partial charge in [0.15, 0.2) is 6.61 Å². The van der Waals surface area contributed by atoms with E-state index < -0.39 is 0 Å². The van der Waals surface area contributed by atoms with Gasteiger partial charge in [0.25, 0.3) is 5.91 Å². The maximum atomic E-state index is 12.5. The molecular weight excluding hydrogens is 402 g/mol. The summed E-state index contributed by atoms with van der Waals surface area (Å²) in [7, 11) is 0. The summed E-state index contributed by atoms with van der Waals surface area (Å²) < 4.78 is 13.6. The van der Waals surface area contributed by atoms with Gasteiger partial charge in [0.1, 0.15) is 17.3 Å². The second kappa shape index (κ2) is 10.5. The van der Waals surface area contributed by atoms with Crippen LogP contribution in [0.2, 0.25) is 0 Å². The molecule has 1 heterocycles. The van der Waals surface area contributed by atoms with Gasteiger partial charge < -0.3 is 19.4 Å². The lowest BCUT2D eigenvalue weighted by molar-refractivity contribution is -0.123. The first-order valence-corrected chi connectivity index (χ1v) is 10.8. The second-order valence-electron chi connectivity index (χ2n) is 7.52. The van der Waals surface area contributed by atoms with Gasteiger partial charge in [0.05, 0.1) is 23.7 Å². The van der Waals surface area contributed by atoms with Gasteiger partial charge in [-0.2, -0.15) is 0 Å². The molecule has 6 nitrogen and oxygen atoms in total. The van der Waals surface area contributed by atoms with Crippen molar-refractivity contribution < 1.29 is 14.3 Å². The number of carbonyl (C=O) groups excluding carboxylic acids is 1. The molecule has 1 amide bonds. The summed E-state index contributed by atoms with van der Waals surface area (Å²) in [6.07, 6.45) is 0.819. The third-order valence-corrected chi connectivity index (χ3v) is 5.10. The fourth-order valence-electron chi connectivity index (χ4n) is 3.60. The van der Waals surface area contributed by atoms with Gasteiger partial charge in [-0.3, -0.25) is 4.79 Å². The average molecular weight is 430 g/mol. The highest BCUT2D eigenvalue weighted by Crippen LogP contribution is 2.21. The zero-order chi connectivity index (χ0) is 22.2. The number of nitrogens with zero attached hydrogens (tertiary/aromatic N) is 2. The number of nitrogens with one attached hydrogen (secondary N) is 1. The predicted molar refractivity (Wildman–Crippen MR) is 125 cm³/mol. The van der Waals surface area contributed by atoms with Crippen LogP contribution in [0.15, 0.2) is 84.9 Å². The smallest absolute Gasteiger partial charge is 0.258 e. The maximum absolute atomic E-state index is 12.5. The van der Waals surface area contributed by atoms with E-state index in [1.165, 1.54) is 0 Å². The fourth-order valence-corrected chi connectivity index (χ4v) is 3.60. The van der Waals surface area contributed by atoms with Crippen molar-refractivity contribution in [2.24, 2.45) is 0 Å². The maximum Gasteiger partial charge on any atom is 0.258 e. The highest BCUT2D eigenvalue weighted by atomic mass is 16.5. The molecule has 1 aromatic heterocycles. The number of hydrogen-bond acceptors (Lipinski definition) is 4. The number of amides is 1. The second-order valence-corrected chi connectivity index (χ2v) is 7.52. The Hall–Kier alpha value is -3.80. The molecule has 0 aliphatic heterocycles. The molecule has 0 saturated heterocycles. The molecule has 0 radical (unpaired) electrons. The van der Waals surface area contributed by atoms with E-state index in [2.05, 4.69) is 16.0 Å². The van der Waals surface area contributed by atoms with E-state index >= 15 is 0 Å². The molecule has 0 aliphatic rings. The molecule has 4 aromatic rings. The van der Waals surface area contributed by atoms with E-state index in [-0.39, 0.29) is 18.6 Å². The first-order chi connectivity index (χ1) is 15.7. The summed E-state index contributed by atoms with van der Waals surface area (Å²) in [5.74, 6) is 2.16. The quantitative estimate of drug-likeness (QED) is 0.369. The monoisotopic (exact) mass is 429 g/mol. The molecule has 0 spiro atoms. The summed E-state index contributed by atoms with van der Waals surface area (Å²) >= 11 is 0. The van der Waals surface area contributed by atoms with E-state index in [9.17, 15) is 4.79 Å². The van der Waals surface area contributed by atoms with Gasteiger partial charge in [-0.1, -0.05) is 48.5 Å². The van der Waals surface area contributed by atoms with Crippen molar-refractivity contribution in [3.8, 4) is 11.5 Å². The van der Waals surface area contributed by atoms with Gasteiger partial charge in [0, 0.05) is 6.54 Å². The number of fused-ring (bicyclic) bond motifs is 1. The van der Waals surface area contributed by atoms with Gasteiger partial charge >= 0.3 is 0 Å². The van der Waals surface area contributed by atoms with Crippen LogP contribution in [-0.4, -0.2) is 28.7 Å². The molecule has 0 saturated carbocycles. The van der Waals surface area contributed by atoms with Crippen LogP contribution < -0.4 is 14.8 Å². The molecule has 32 heavy (non-hydrogen) atoms. The largest absolute Gasteiger partial charge is 0.494 e. The molecular formula is C26H27N3O3. The Balaban J connectivity index is 1.40. The number of benzene rings is 3. The Labute approximate surface area is 187 Å². The van der Waals surface area contributed by atoms with Crippen molar-refractivity contribution in [1.82, 2.24) is 14.9 Å². The number of para-hydroxylation sites is 4. The Morgan fingerprint density at radius 1 is 0.906 bits per heavy atom. The van der Waals surface area contributed by atoms with Crippen LogP contribution in [-0.2, 0) is 11.3 Å². The van der Waals surface area contributed by atoms with Crippen LogP contribution in [0.25, 0.3) is 11.0 Å². The number of rotatable bonds is 10. The molecule has 0 aliphatic carbocycles. The third-order valence-electron chi connectivity index (χ3n) is 5.10. The van der Waals surface area contributed by atoms with Crippen molar-refractivity contribution in [3.05, 3.63) is 90.8 Å². The number of hydrogen-bond donors (Lipinski definition) is 1. The predicted octanol–water partition coefficient (Wildman–Crippen LogP) is 4.76. The highest BCUT2D eigenvalue weighted by molar-refractivity contribution is 5.79. The lowest BCUT2D eigenvalue weighted by Gasteiger charge is -2.17. The Morgan fingerprint density at radius 2 is 1.53 bits per heavy atom. The van der Waals surface area contributed by atoms with Crippen molar-refractivity contribution in [2.75, 3.05) is 13.2 Å². The first-order valence-electron chi connectivity index (χ1n) is 10.8. The van der Waals surface area contributed by atoms with Gasteiger partial charge in [-0.15, -0.1) is 0 Å². The zero-order valence-corrected chi connectivity index (χ0v) is 18.1. The molecule has 3 aromatic carbocycles. The number of aryl methyl sites for hydroxylation is 1. The normalized spacial score (nSPS) is 11.8. The van der Waals surface area contributed by atoms with Crippen molar-refractivity contribution >= 4 is 16.9 Å². The van der Waals surface area contributed by atoms with Crippen LogP contribution in [0, 0.1) is 0 Å². The minimum atomic E-state index is -0.260. The molecule has 1 N–H and O–H groups in total. The lowest BCUT2D eigenvalue weighted by atomic mass is 10.3. The summed E-state index contributed by atoms with van der Waals surface area (Å²) in [6, 6.07) is 26.9. The van der Waals surface area contributed by atoms with Crippen molar-refractivity contribution in [3.63, 3.8) is 0 Å². The van der Waals surface area contributed by atoms with Crippen LogP contribution in [0.5, 0.6) is 11.5 Å². The lowest BCUT2D eigenvalue weighted by Crippen LogP contribution is -2.32. The van der Waals surface area contributed by atoms with Gasteiger partial charge in [0.2, 0.25) is 0 Å². The summed E-state index contributed by atoms with van der Waals surface area (Å²) in [4.78, 5) is 17.2. The van der Waals surface area contributed by atoms with E-state index in [1.54, 1.807) is 0 Å². The topological polar surface area (TPSA) is 65.4 Å². The Kier molecular flexibility index (Phi) is 7.02. The fraction of sp³-hybridized carbons (Fsp3) is 0.231. The number of aromatic nitrogens is 2. The molecule has 0 bridgehead atoms. The summed E-state index contributed by atoms with van der Waals surface area (Å²) in [5, 5.41) is 3.01. The number of ether oxygens (including phenoxy) is 2. The first kappa shape index (κ1) is 21.4. The van der Waals surface area contributed by atoms with Crippen LogP contribution in [0.4, 0.5) is 0 Å². The molecule has 1 unspecified atom stereocenters. The van der Waals surface area contributed by atoms with Gasteiger partial charge in [-0.25, -0.2) is 4.98 Å². The van der Waals surface area contributed by atoms with E-state index in [1.807, 2.05) is 85.8 Å². The highest BCUT2D eigenvalue weighted by Gasteiger charge is 2.18. The molecule has 0 fully saturated rings. The molecule has 6 heteroatoms. The Bertz CT molecular complexity index is 1140. The van der Waals surface area contributed by atoms with Crippen molar-refractivity contribution in [2.45, 2.75) is 25.9 Å². The van der Waals surface area contributed by atoms with Crippen LogP contribution >= 0.6 is 0 Å². The number of carbonyl (C=O) groups is 1. The van der Waals surface area contributed by atoms with Crippen LogP contribution in [0.1, 0.15) is 25.2 Å². The van der Waals surface area contributed by atoms with E-state index in [0.717, 1.165) is 35.6 Å². The van der Waals surface area contributed by atoms with Crippen molar-refractivity contribution in [1.29, 1.82) is 0 Å². The van der Waals surface area contributed by atoms with E-state index in [4.69, 9.17) is 14.5 Å². The Morgan fingerprint density at radius 3 is 2.25 bits per heavy atom. The molecule has 164 valence electrons. The standard InChI is InChI=1S/C26H27N3O3/c1-20(27-25(30)19-32-22-13-6-3-7-14-22)26-28-23-15-8-9-16-24(23)29(26)17-10-18-31-21-11-4-2-5-12-21/h2-9,11-16,20H,10,17-19H2,1H3,(H,27,30). The minimum absolute atomic E-state index is 0.0422. The minimum Gasteiger partial charge on any atom is -0.494 e. The number of imidazole rings is 1. The van der Waals surface area contributed by atoms with Crippen LogP contribution in [0.3, 0.4) is 0 Å². The zero-order valence-electron chi connectivity index (χ0n) is 18.1. The molecule has 1 atom stereocenters.